The van der Waals surface area contributed by atoms with E-state index in [1.165, 1.54) is 4.88 Å². The summed E-state index contributed by atoms with van der Waals surface area (Å²) in [6.45, 7) is 3.59. The summed E-state index contributed by atoms with van der Waals surface area (Å²) in [5, 5.41) is 11.8. The maximum absolute atomic E-state index is 4.34. The Labute approximate surface area is 146 Å². The van der Waals surface area contributed by atoms with Crippen molar-refractivity contribution in [1.82, 2.24) is 25.4 Å². The van der Waals surface area contributed by atoms with Crippen LogP contribution in [-0.4, -0.2) is 34.3 Å². The van der Waals surface area contributed by atoms with E-state index in [0.29, 0.717) is 6.54 Å². The molecular weight excluding hydrogens is 399 g/mol. The predicted molar refractivity (Wildman–Crippen MR) is 97.4 cm³/mol. The summed E-state index contributed by atoms with van der Waals surface area (Å²) >= 11 is 1.74. The number of aromatic nitrogens is 3. The molecule has 0 aliphatic heterocycles. The molecule has 0 aliphatic rings. The largest absolute Gasteiger partial charge is 0.356 e. The van der Waals surface area contributed by atoms with Gasteiger partial charge < -0.3 is 10.6 Å². The van der Waals surface area contributed by atoms with Crippen LogP contribution in [0, 0.1) is 6.92 Å². The van der Waals surface area contributed by atoms with Crippen molar-refractivity contribution in [2.45, 2.75) is 19.9 Å². The van der Waals surface area contributed by atoms with Gasteiger partial charge in [0, 0.05) is 44.3 Å². The van der Waals surface area contributed by atoms with Crippen molar-refractivity contribution in [3.63, 3.8) is 0 Å². The van der Waals surface area contributed by atoms with E-state index in [4.69, 9.17) is 0 Å². The zero-order chi connectivity index (χ0) is 14.4. The second kappa shape index (κ2) is 8.98. The summed E-state index contributed by atoms with van der Waals surface area (Å²) in [5.41, 5.74) is 1.11. The van der Waals surface area contributed by atoms with Crippen molar-refractivity contribution in [3.8, 4) is 0 Å². The molecule has 0 unspecified atom stereocenters. The van der Waals surface area contributed by atoms with Crippen LogP contribution in [0.5, 0.6) is 0 Å². The highest BCUT2D eigenvalue weighted by atomic mass is 127. The first-order valence-electron chi connectivity index (χ1n) is 6.51. The van der Waals surface area contributed by atoms with Gasteiger partial charge >= 0.3 is 0 Å². The lowest BCUT2D eigenvalue weighted by Gasteiger charge is -2.11. The number of nitrogens with one attached hydrogen (secondary N) is 2. The Kier molecular flexibility index (Phi) is 7.65. The van der Waals surface area contributed by atoms with Crippen LogP contribution in [0.4, 0.5) is 0 Å². The molecule has 2 rings (SSSR count). The van der Waals surface area contributed by atoms with Crippen molar-refractivity contribution in [3.05, 3.63) is 34.0 Å². The fraction of sp³-hybridized carbons (Fsp3) is 0.462. The van der Waals surface area contributed by atoms with Crippen molar-refractivity contribution in [2.24, 2.45) is 12.0 Å². The van der Waals surface area contributed by atoms with Gasteiger partial charge in [0.1, 0.15) is 0 Å². The van der Waals surface area contributed by atoms with E-state index in [1.807, 2.05) is 24.0 Å². The Morgan fingerprint density at radius 2 is 2.24 bits per heavy atom. The highest BCUT2D eigenvalue weighted by Crippen LogP contribution is 2.10. The molecule has 2 aromatic heterocycles. The fourth-order valence-electron chi connectivity index (χ4n) is 1.77. The van der Waals surface area contributed by atoms with E-state index in [2.05, 4.69) is 32.6 Å². The molecule has 6 nitrogen and oxygen atoms in total. The molecule has 2 heterocycles. The number of halogens is 1. The Morgan fingerprint density at radius 1 is 1.43 bits per heavy atom. The first-order chi connectivity index (χ1) is 9.69. The third-order valence-electron chi connectivity index (χ3n) is 2.88. The second-order valence-electron chi connectivity index (χ2n) is 4.41. The van der Waals surface area contributed by atoms with Crippen LogP contribution in [0.25, 0.3) is 0 Å². The topological polar surface area (TPSA) is 67.1 Å². The fourth-order valence-corrected chi connectivity index (χ4v) is 2.56. The number of hydrogen-bond acceptors (Lipinski definition) is 4. The molecule has 0 atom stereocenters. The van der Waals surface area contributed by atoms with Crippen LogP contribution in [-0.2, 0) is 20.0 Å². The van der Waals surface area contributed by atoms with Gasteiger partial charge in [0.15, 0.2) is 5.96 Å². The van der Waals surface area contributed by atoms with Crippen LogP contribution >= 0.6 is 35.3 Å². The third kappa shape index (κ3) is 5.62. The van der Waals surface area contributed by atoms with Gasteiger partial charge in [-0.3, -0.25) is 9.67 Å². The minimum Gasteiger partial charge on any atom is -0.356 e. The second-order valence-corrected chi connectivity index (χ2v) is 5.73. The molecule has 8 heteroatoms. The molecule has 0 saturated heterocycles. The maximum Gasteiger partial charge on any atom is 0.191 e. The van der Waals surface area contributed by atoms with Gasteiger partial charge in [-0.25, -0.2) is 4.98 Å². The number of hydrogen-bond donors (Lipinski definition) is 2. The van der Waals surface area contributed by atoms with E-state index < -0.39 is 0 Å². The highest BCUT2D eigenvalue weighted by molar-refractivity contribution is 14.0. The van der Waals surface area contributed by atoms with E-state index in [0.717, 1.165) is 29.6 Å². The molecule has 0 aromatic carbocycles. The van der Waals surface area contributed by atoms with Crippen molar-refractivity contribution in [2.75, 3.05) is 13.6 Å². The van der Waals surface area contributed by atoms with Gasteiger partial charge in [-0.2, -0.15) is 5.10 Å². The Balaban J connectivity index is 0.00000220. The SMILES string of the molecule is CN=C(NCCc1ncc(C)s1)NCc1ccnn1C.I. The zero-order valence-electron chi connectivity index (χ0n) is 12.5. The van der Waals surface area contributed by atoms with Crippen LogP contribution < -0.4 is 10.6 Å². The predicted octanol–water partition coefficient (Wildman–Crippen LogP) is 1.71. The van der Waals surface area contributed by atoms with E-state index >= 15 is 0 Å². The van der Waals surface area contributed by atoms with E-state index in [1.54, 1.807) is 24.6 Å². The summed E-state index contributed by atoms with van der Waals surface area (Å²) in [7, 11) is 3.70. The molecule has 0 aliphatic carbocycles. The van der Waals surface area contributed by atoms with Gasteiger partial charge in [0.05, 0.1) is 17.2 Å². The van der Waals surface area contributed by atoms with Crippen LogP contribution in [0.2, 0.25) is 0 Å². The molecule has 0 saturated carbocycles. The van der Waals surface area contributed by atoms with E-state index in [9.17, 15) is 0 Å². The summed E-state index contributed by atoms with van der Waals surface area (Å²) < 4.78 is 1.85. The number of aliphatic imine (C=N–C) groups is 1. The molecule has 2 N–H and O–H groups in total. The van der Waals surface area contributed by atoms with Gasteiger partial charge in [0.25, 0.3) is 0 Å². The van der Waals surface area contributed by atoms with Gasteiger partial charge in [-0.1, -0.05) is 0 Å². The molecule has 0 bridgehead atoms. The highest BCUT2D eigenvalue weighted by Gasteiger charge is 2.02. The number of thiazole rings is 1. The van der Waals surface area contributed by atoms with Gasteiger partial charge in [0.2, 0.25) is 0 Å². The minimum atomic E-state index is 0. The molecule has 116 valence electrons. The molecular formula is C13H21IN6S. The standard InChI is InChI=1S/C13H20N6S.HI/c1-10-8-16-12(20-10)5-6-15-13(14-2)17-9-11-4-7-18-19(11)3;/h4,7-8H,5-6,9H2,1-3H3,(H2,14,15,17);1H. The minimum absolute atomic E-state index is 0. The van der Waals surface area contributed by atoms with Crippen LogP contribution in [0.3, 0.4) is 0 Å². The molecule has 0 radical (unpaired) electrons. The third-order valence-corrected chi connectivity index (χ3v) is 3.86. The van der Waals surface area contributed by atoms with Crippen molar-refractivity contribution in [1.29, 1.82) is 0 Å². The number of nitrogens with zero attached hydrogens (tertiary/aromatic N) is 4. The molecule has 21 heavy (non-hydrogen) atoms. The number of rotatable bonds is 5. The lowest BCUT2D eigenvalue weighted by atomic mass is 10.4. The molecule has 0 fully saturated rings. The van der Waals surface area contributed by atoms with Crippen molar-refractivity contribution >= 4 is 41.3 Å². The van der Waals surface area contributed by atoms with Crippen molar-refractivity contribution < 1.29 is 0 Å². The normalized spacial score (nSPS) is 11.1. The average molecular weight is 420 g/mol. The summed E-state index contributed by atoms with van der Waals surface area (Å²) in [6.07, 6.45) is 4.61. The maximum atomic E-state index is 4.34. The molecule has 2 aromatic rings. The monoisotopic (exact) mass is 420 g/mol. The Morgan fingerprint density at radius 3 is 2.81 bits per heavy atom. The summed E-state index contributed by atoms with van der Waals surface area (Å²) in [4.78, 5) is 9.79. The average Bonchev–Trinajstić information content (AvgIpc) is 3.03. The van der Waals surface area contributed by atoms with Gasteiger partial charge in [-0.15, -0.1) is 35.3 Å². The van der Waals surface area contributed by atoms with Crippen LogP contribution in [0.15, 0.2) is 23.5 Å². The molecule has 0 spiro atoms. The smallest absolute Gasteiger partial charge is 0.191 e. The quantitative estimate of drug-likeness (QED) is 0.439. The Bertz CT molecular complexity index is 577. The molecule has 0 amide bonds. The Hall–Kier alpha value is -1.16. The van der Waals surface area contributed by atoms with Crippen LogP contribution in [0.1, 0.15) is 15.6 Å². The number of guanidine groups is 1. The summed E-state index contributed by atoms with van der Waals surface area (Å²) in [6, 6.07) is 1.98. The summed E-state index contributed by atoms with van der Waals surface area (Å²) in [5.74, 6) is 0.791. The zero-order valence-corrected chi connectivity index (χ0v) is 15.6. The van der Waals surface area contributed by atoms with Gasteiger partial charge in [-0.05, 0) is 13.0 Å². The first kappa shape index (κ1) is 17.9. The number of aryl methyl sites for hydroxylation is 2. The van der Waals surface area contributed by atoms with E-state index in [-0.39, 0.29) is 24.0 Å². The lowest BCUT2D eigenvalue weighted by molar-refractivity contribution is 0.684. The lowest BCUT2D eigenvalue weighted by Crippen LogP contribution is -2.38. The first-order valence-corrected chi connectivity index (χ1v) is 7.33.